The Morgan fingerprint density at radius 1 is 1.17 bits per heavy atom. The average Bonchev–Trinajstić information content (AvgIpc) is 2.87. The van der Waals surface area contributed by atoms with Gasteiger partial charge in [0.1, 0.15) is 18.1 Å². The molecule has 1 aliphatic rings. The summed E-state index contributed by atoms with van der Waals surface area (Å²) in [6.45, 7) is 4.15. The Morgan fingerprint density at radius 2 is 1.83 bits per heavy atom. The summed E-state index contributed by atoms with van der Waals surface area (Å²) in [5.74, 6) is 3.37. The van der Waals surface area contributed by atoms with Crippen LogP contribution >= 0.6 is 0 Å². The van der Waals surface area contributed by atoms with E-state index in [2.05, 4.69) is 12.2 Å². The van der Waals surface area contributed by atoms with Gasteiger partial charge in [-0.15, -0.1) is 0 Å². The van der Waals surface area contributed by atoms with Gasteiger partial charge in [-0.2, -0.15) is 0 Å². The molecule has 0 bridgehead atoms. The van der Waals surface area contributed by atoms with E-state index >= 15 is 0 Å². The zero-order chi connectivity index (χ0) is 12.8. The first-order valence-corrected chi connectivity index (χ1v) is 7.21. The van der Waals surface area contributed by atoms with Gasteiger partial charge >= 0.3 is 0 Å². The number of furan rings is 1. The Kier molecular flexibility index (Phi) is 5.26. The van der Waals surface area contributed by atoms with Gasteiger partial charge in [0, 0.05) is 0 Å². The van der Waals surface area contributed by atoms with E-state index in [4.69, 9.17) is 9.52 Å². The smallest absolute Gasteiger partial charge is 0.129 e. The Morgan fingerprint density at radius 3 is 2.44 bits per heavy atom. The number of aliphatic hydroxyl groups excluding tert-OH is 1. The quantitative estimate of drug-likeness (QED) is 0.816. The molecule has 1 aromatic heterocycles. The van der Waals surface area contributed by atoms with Gasteiger partial charge in [-0.05, 0) is 43.4 Å². The lowest BCUT2D eigenvalue weighted by Crippen LogP contribution is -2.26. The summed E-state index contributed by atoms with van der Waals surface area (Å²) >= 11 is 0. The molecule has 0 unspecified atom stereocenters. The summed E-state index contributed by atoms with van der Waals surface area (Å²) in [6, 6.07) is 3.77. The molecule has 102 valence electrons. The fourth-order valence-corrected chi connectivity index (χ4v) is 2.85. The van der Waals surface area contributed by atoms with Gasteiger partial charge in [0.15, 0.2) is 0 Å². The maximum Gasteiger partial charge on any atom is 0.129 e. The van der Waals surface area contributed by atoms with E-state index < -0.39 is 0 Å². The molecule has 0 saturated heterocycles. The van der Waals surface area contributed by atoms with Crippen LogP contribution in [0.25, 0.3) is 0 Å². The molecule has 1 aromatic rings. The molecule has 1 aliphatic carbocycles. The molecule has 0 aliphatic heterocycles. The normalized spacial score (nSPS) is 24.3. The third kappa shape index (κ3) is 3.85. The first-order chi connectivity index (χ1) is 8.81. The van der Waals surface area contributed by atoms with Crippen molar-refractivity contribution in [3.8, 4) is 0 Å². The van der Waals surface area contributed by atoms with Gasteiger partial charge < -0.3 is 14.8 Å². The fourth-order valence-electron chi connectivity index (χ4n) is 2.85. The number of rotatable bonds is 6. The number of hydrogen-bond acceptors (Lipinski definition) is 3. The summed E-state index contributed by atoms with van der Waals surface area (Å²) in [4.78, 5) is 0. The third-order valence-electron chi connectivity index (χ3n) is 4.15. The molecule has 3 nitrogen and oxygen atoms in total. The van der Waals surface area contributed by atoms with Crippen molar-refractivity contribution in [1.29, 1.82) is 0 Å². The van der Waals surface area contributed by atoms with Crippen LogP contribution in [0.4, 0.5) is 0 Å². The van der Waals surface area contributed by atoms with Crippen LogP contribution < -0.4 is 5.32 Å². The third-order valence-corrected chi connectivity index (χ3v) is 4.15. The van der Waals surface area contributed by atoms with Crippen molar-refractivity contribution in [2.75, 3.05) is 6.54 Å². The van der Waals surface area contributed by atoms with Crippen molar-refractivity contribution < 1.29 is 9.52 Å². The molecule has 18 heavy (non-hydrogen) atoms. The minimum atomic E-state index is -0.0129. The van der Waals surface area contributed by atoms with E-state index in [0.29, 0.717) is 5.76 Å². The van der Waals surface area contributed by atoms with E-state index in [-0.39, 0.29) is 6.61 Å². The highest BCUT2D eigenvalue weighted by atomic mass is 16.4. The van der Waals surface area contributed by atoms with Crippen molar-refractivity contribution in [1.82, 2.24) is 5.32 Å². The zero-order valence-electron chi connectivity index (χ0n) is 11.3. The van der Waals surface area contributed by atoms with Crippen molar-refractivity contribution >= 4 is 0 Å². The van der Waals surface area contributed by atoms with Gasteiger partial charge in [-0.25, -0.2) is 0 Å². The Bertz CT molecular complexity index is 340. The molecular weight excluding hydrogens is 226 g/mol. The average molecular weight is 251 g/mol. The maximum atomic E-state index is 8.91. The molecule has 3 heteroatoms. The minimum Gasteiger partial charge on any atom is -0.462 e. The van der Waals surface area contributed by atoms with Crippen LogP contribution in [0.15, 0.2) is 16.5 Å². The molecular formula is C15H25NO2. The lowest BCUT2D eigenvalue weighted by Gasteiger charge is -2.27. The molecule has 1 heterocycles. The van der Waals surface area contributed by atoms with Gasteiger partial charge in [0.05, 0.1) is 6.54 Å². The highest BCUT2D eigenvalue weighted by molar-refractivity contribution is 5.06. The number of nitrogens with one attached hydrogen (secondary N) is 1. The van der Waals surface area contributed by atoms with E-state index in [9.17, 15) is 0 Å². The highest BCUT2D eigenvalue weighted by Crippen LogP contribution is 2.30. The first kappa shape index (κ1) is 13.6. The highest BCUT2D eigenvalue weighted by Gasteiger charge is 2.19. The summed E-state index contributed by atoms with van der Waals surface area (Å²) in [6.07, 6.45) is 6.88. The largest absolute Gasteiger partial charge is 0.462 e. The van der Waals surface area contributed by atoms with Gasteiger partial charge in [0.25, 0.3) is 0 Å². The predicted octanol–water partition coefficient (Wildman–Crippen LogP) is 3.08. The first-order valence-electron chi connectivity index (χ1n) is 7.21. The monoisotopic (exact) mass is 251 g/mol. The lowest BCUT2D eigenvalue weighted by atomic mass is 9.81. The molecule has 0 radical (unpaired) electrons. The Labute approximate surface area is 110 Å². The van der Waals surface area contributed by atoms with Crippen molar-refractivity contribution in [3.63, 3.8) is 0 Å². The van der Waals surface area contributed by atoms with Gasteiger partial charge in [0.2, 0.25) is 0 Å². The van der Waals surface area contributed by atoms with Crippen molar-refractivity contribution in [2.45, 2.75) is 52.2 Å². The van der Waals surface area contributed by atoms with Crippen LogP contribution in [0.5, 0.6) is 0 Å². The van der Waals surface area contributed by atoms with Crippen LogP contribution in [0.2, 0.25) is 0 Å². The minimum absolute atomic E-state index is 0.0129. The number of aliphatic hydroxyl groups is 1. The molecule has 0 amide bonds. The fraction of sp³-hybridized carbons (Fsp3) is 0.733. The molecule has 1 fully saturated rings. The molecule has 0 aromatic carbocycles. The molecule has 0 atom stereocenters. The van der Waals surface area contributed by atoms with Crippen LogP contribution in [0, 0.1) is 11.8 Å². The number of hydrogen-bond donors (Lipinski definition) is 2. The summed E-state index contributed by atoms with van der Waals surface area (Å²) in [5.41, 5.74) is 0. The van der Waals surface area contributed by atoms with Crippen molar-refractivity contribution in [2.24, 2.45) is 11.8 Å². The molecule has 2 N–H and O–H groups in total. The van der Waals surface area contributed by atoms with Gasteiger partial charge in [-0.1, -0.05) is 26.2 Å². The second kappa shape index (κ2) is 6.95. The Balaban J connectivity index is 1.63. The molecule has 1 saturated carbocycles. The second-order valence-corrected chi connectivity index (χ2v) is 5.45. The van der Waals surface area contributed by atoms with Gasteiger partial charge in [-0.3, -0.25) is 0 Å². The predicted molar refractivity (Wildman–Crippen MR) is 72.1 cm³/mol. The lowest BCUT2D eigenvalue weighted by molar-refractivity contribution is 0.240. The summed E-state index contributed by atoms with van der Waals surface area (Å²) < 4.78 is 5.44. The zero-order valence-corrected chi connectivity index (χ0v) is 11.3. The molecule has 2 rings (SSSR count). The SMILES string of the molecule is CCC1CCC(CNCc2ccc(CO)o2)CC1. The van der Waals surface area contributed by atoms with E-state index in [0.717, 1.165) is 30.7 Å². The van der Waals surface area contributed by atoms with E-state index in [1.165, 1.54) is 32.1 Å². The summed E-state index contributed by atoms with van der Waals surface area (Å²) in [7, 11) is 0. The van der Waals surface area contributed by atoms with Crippen LogP contribution in [0.3, 0.4) is 0 Å². The standard InChI is InChI=1S/C15H25NO2/c1-2-12-3-5-13(6-4-12)9-16-10-14-7-8-15(11-17)18-14/h7-8,12-13,16-17H,2-6,9-11H2,1H3. The Hall–Kier alpha value is -0.800. The van der Waals surface area contributed by atoms with E-state index in [1.54, 1.807) is 0 Å². The topological polar surface area (TPSA) is 45.4 Å². The summed E-state index contributed by atoms with van der Waals surface area (Å²) in [5, 5.41) is 12.4. The van der Waals surface area contributed by atoms with E-state index in [1.807, 2.05) is 12.1 Å². The maximum absolute atomic E-state index is 8.91. The van der Waals surface area contributed by atoms with Crippen LogP contribution in [0.1, 0.15) is 50.5 Å². The second-order valence-electron chi connectivity index (χ2n) is 5.45. The van der Waals surface area contributed by atoms with Crippen LogP contribution in [-0.4, -0.2) is 11.7 Å². The molecule has 0 spiro atoms. The van der Waals surface area contributed by atoms with Crippen LogP contribution in [-0.2, 0) is 13.2 Å². The van der Waals surface area contributed by atoms with Crippen molar-refractivity contribution in [3.05, 3.63) is 23.7 Å².